The van der Waals surface area contributed by atoms with Crippen molar-refractivity contribution in [3.05, 3.63) is 29.8 Å². The molecule has 18 heavy (non-hydrogen) atoms. The molecule has 0 bridgehead atoms. The predicted octanol–water partition coefficient (Wildman–Crippen LogP) is 2.28. The molecule has 1 atom stereocenters. The molecule has 3 nitrogen and oxygen atoms in total. The van der Waals surface area contributed by atoms with Crippen LogP contribution in [-0.2, 0) is 0 Å². The van der Waals surface area contributed by atoms with Gasteiger partial charge in [-0.2, -0.15) is 0 Å². The molecule has 0 spiro atoms. The van der Waals surface area contributed by atoms with Crippen LogP contribution < -0.4 is 10.6 Å². The van der Waals surface area contributed by atoms with E-state index in [1.807, 2.05) is 30.5 Å². The molecule has 0 radical (unpaired) electrons. The first kappa shape index (κ1) is 13.4. The van der Waals surface area contributed by atoms with Gasteiger partial charge in [-0.05, 0) is 50.7 Å². The maximum atomic E-state index is 12.3. The Hall–Kier alpha value is -1.00. The van der Waals surface area contributed by atoms with E-state index >= 15 is 0 Å². The van der Waals surface area contributed by atoms with Crippen molar-refractivity contribution >= 4 is 17.7 Å². The minimum atomic E-state index is 0.0619. The van der Waals surface area contributed by atoms with Gasteiger partial charge in [-0.3, -0.25) is 4.79 Å². The largest absolute Gasteiger partial charge is 0.349 e. The Bertz CT molecular complexity index is 401. The number of carbonyl (C=O) groups excluding carboxylic acids is 1. The average Bonchev–Trinajstić information content (AvgIpc) is 2.67. The number of amides is 1. The van der Waals surface area contributed by atoms with Crippen LogP contribution in [0.4, 0.5) is 0 Å². The van der Waals surface area contributed by atoms with Crippen molar-refractivity contribution in [2.24, 2.45) is 0 Å². The molecule has 0 aromatic heterocycles. The van der Waals surface area contributed by atoms with Crippen molar-refractivity contribution < 1.29 is 4.79 Å². The second kappa shape index (κ2) is 6.81. The fraction of sp³-hybridized carbons (Fsp3) is 0.500. The van der Waals surface area contributed by atoms with Gasteiger partial charge in [-0.15, -0.1) is 11.8 Å². The Kier molecular flexibility index (Phi) is 5.08. The molecule has 1 aliphatic rings. The van der Waals surface area contributed by atoms with Crippen LogP contribution in [0.25, 0.3) is 0 Å². The van der Waals surface area contributed by atoms with Crippen LogP contribution in [0, 0.1) is 0 Å². The molecule has 4 heteroatoms. The molecule has 1 aliphatic heterocycles. The van der Waals surface area contributed by atoms with E-state index in [0.29, 0.717) is 6.04 Å². The molecule has 2 rings (SSSR count). The molecule has 1 aromatic carbocycles. The molecule has 1 amide bonds. The smallest absolute Gasteiger partial charge is 0.252 e. The van der Waals surface area contributed by atoms with Crippen LogP contribution in [0.2, 0.25) is 0 Å². The molecule has 1 heterocycles. The number of rotatable bonds is 3. The first-order chi connectivity index (χ1) is 8.81. The maximum Gasteiger partial charge on any atom is 0.252 e. The molecule has 98 valence electrons. The van der Waals surface area contributed by atoms with E-state index < -0.39 is 0 Å². The van der Waals surface area contributed by atoms with Crippen LogP contribution in [0.15, 0.2) is 29.2 Å². The van der Waals surface area contributed by atoms with Crippen molar-refractivity contribution in [2.75, 3.05) is 19.3 Å². The Labute approximate surface area is 113 Å². The summed E-state index contributed by atoms with van der Waals surface area (Å²) in [7, 11) is 0. The van der Waals surface area contributed by atoms with Gasteiger partial charge < -0.3 is 10.6 Å². The highest BCUT2D eigenvalue weighted by Gasteiger charge is 2.17. The van der Waals surface area contributed by atoms with E-state index in [2.05, 4.69) is 10.6 Å². The Morgan fingerprint density at radius 3 is 3.00 bits per heavy atom. The molecule has 0 aliphatic carbocycles. The summed E-state index contributed by atoms with van der Waals surface area (Å²) in [6.07, 6.45) is 5.23. The predicted molar refractivity (Wildman–Crippen MR) is 76.2 cm³/mol. The van der Waals surface area contributed by atoms with Crippen LogP contribution >= 0.6 is 11.8 Å². The number of nitrogens with one attached hydrogen (secondary N) is 2. The van der Waals surface area contributed by atoms with E-state index in [4.69, 9.17) is 0 Å². The normalized spacial score (nSPS) is 20.2. The summed E-state index contributed by atoms with van der Waals surface area (Å²) in [5, 5.41) is 6.51. The summed E-state index contributed by atoms with van der Waals surface area (Å²) < 4.78 is 0. The first-order valence-electron chi connectivity index (χ1n) is 6.46. The highest BCUT2D eigenvalue weighted by atomic mass is 32.2. The number of benzene rings is 1. The van der Waals surface area contributed by atoms with E-state index in [9.17, 15) is 4.79 Å². The standard InChI is InChI=1S/C14H20N2OS/c1-18-13-7-3-2-6-12(13)14(17)16-11-5-4-9-15-10-8-11/h2-3,6-7,11,15H,4-5,8-10H2,1H3,(H,16,17). The van der Waals surface area contributed by atoms with E-state index in [1.165, 1.54) is 0 Å². The lowest BCUT2D eigenvalue weighted by Crippen LogP contribution is -2.35. The summed E-state index contributed by atoms with van der Waals surface area (Å²) in [5.41, 5.74) is 0.794. The summed E-state index contributed by atoms with van der Waals surface area (Å²) in [5.74, 6) is 0.0619. The average molecular weight is 264 g/mol. The zero-order chi connectivity index (χ0) is 12.8. The van der Waals surface area contributed by atoms with Gasteiger partial charge in [0.2, 0.25) is 0 Å². The van der Waals surface area contributed by atoms with Gasteiger partial charge in [0.1, 0.15) is 0 Å². The van der Waals surface area contributed by atoms with Gasteiger partial charge in [0.25, 0.3) is 5.91 Å². The van der Waals surface area contributed by atoms with Crippen molar-refractivity contribution in [3.8, 4) is 0 Å². The van der Waals surface area contributed by atoms with Crippen LogP contribution in [0.1, 0.15) is 29.6 Å². The maximum absolute atomic E-state index is 12.3. The van der Waals surface area contributed by atoms with Gasteiger partial charge >= 0.3 is 0 Å². The fourth-order valence-corrected chi connectivity index (χ4v) is 2.85. The Morgan fingerprint density at radius 2 is 2.17 bits per heavy atom. The molecule has 0 saturated carbocycles. The van der Waals surface area contributed by atoms with Crippen molar-refractivity contribution in [3.63, 3.8) is 0 Å². The van der Waals surface area contributed by atoms with E-state index in [1.54, 1.807) is 11.8 Å². The molecule has 1 unspecified atom stereocenters. The van der Waals surface area contributed by atoms with Crippen molar-refractivity contribution in [1.29, 1.82) is 0 Å². The van der Waals surface area contributed by atoms with Gasteiger partial charge in [0.15, 0.2) is 0 Å². The highest BCUT2D eigenvalue weighted by molar-refractivity contribution is 7.98. The number of hydrogen-bond acceptors (Lipinski definition) is 3. The minimum absolute atomic E-state index is 0.0619. The van der Waals surface area contributed by atoms with Gasteiger partial charge in [-0.25, -0.2) is 0 Å². The van der Waals surface area contributed by atoms with Gasteiger partial charge in [0.05, 0.1) is 5.56 Å². The van der Waals surface area contributed by atoms with Crippen LogP contribution in [0.5, 0.6) is 0 Å². The summed E-state index contributed by atoms with van der Waals surface area (Å²) in [4.78, 5) is 13.3. The molecule has 1 saturated heterocycles. The minimum Gasteiger partial charge on any atom is -0.349 e. The lowest BCUT2D eigenvalue weighted by atomic mass is 10.1. The SMILES string of the molecule is CSc1ccccc1C(=O)NC1CCCNCC1. The monoisotopic (exact) mass is 264 g/mol. The third-order valence-corrected chi connectivity index (χ3v) is 4.06. The Morgan fingerprint density at radius 1 is 1.33 bits per heavy atom. The quantitative estimate of drug-likeness (QED) is 0.823. The lowest BCUT2D eigenvalue weighted by molar-refractivity contribution is 0.0931. The first-order valence-corrected chi connectivity index (χ1v) is 7.68. The van der Waals surface area contributed by atoms with E-state index in [-0.39, 0.29) is 5.91 Å². The highest BCUT2D eigenvalue weighted by Crippen LogP contribution is 2.20. The molecular weight excluding hydrogens is 244 g/mol. The summed E-state index contributed by atoms with van der Waals surface area (Å²) >= 11 is 1.62. The zero-order valence-corrected chi connectivity index (χ0v) is 11.6. The summed E-state index contributed by atoms with van der Waals surface area (Å²) in [6, 6.07) is 8.09. The number of hydrogen-bond donors (Lipinski definition) is 2. The number of thioether (sulfide) groups is 1. The van der Waals surface area contributed by atoms with Crippen molar-refractivity contribution in [1.82, 2.24) is 10.6 Å². The lowest BCUT2D eigenvalue weighted by Gasteiger charge is -2.17. The third-order valence-electron chi connectivity index (χ3n) is 3.26. The molecular formula is C14H20N2OS. The van der Waals surface area contributed by atoms with Crippen LogP contribution in [0.3, 0.4) is 0 Å². The Balaban J connectivity index is 2.02. The molecule has 1 fully saturated rings. The molecule has 1 aromatic rings. The van der Waals surface area contributed by atoms with Gasteiger partial charge in [0, 0.05) is 10.9 Å². The second-order valence-electron chi connectivity index (χ2n) is 4.55. The third kappa shape index (κ3) is 3.50. The van der Waals surface area contributed by atoms with E-state index in [0.717, 1.165) is 42.8 Å². The van der Waals surface area contributed by atoms with Gasteiger partial charge in [-0.1, -0.05) is 12.1 Å². The zero-order valence-electron chi connectivity index (χ0n) is 10.7. The molecule has 2 N–H and O–H groups in total. The number of carbonyl (C=O) groups is 1. The van der Waals surface area contributed by atoms with Crippen molar-refractivity contribution in [2.45, 2.75) is 30.2 Å². The summed E-state index contributed by atoms with van der Waals surface area (Å²) in [6.45, 7) is 2.06. The fourth-order valence-electron chi connectivity index (χ4n) is 2.26. The van der Waals surface area contributed by atoms with Crippen LogP contribution in [-0.4, -0.2) is 31.3 Å². The topological polar surface area (TPSA) is 41.1 Å². The second-order valence-corrected chi connectivity index (χ2v) is 5.40.